The zero-order valence-electron chi connectivity index (χ0n) is 41.5. The summed E-state index contributed by atoms with van der Waals surface area (Å²) in [5.41, 5.74) is 17.6. The van der Waals surface area contributed by atoms with E-state index < -0.39 is 20.8 Å². The van der Waals surface area contributed by atoms with Crippen LogP contribution in [0.2, 0.25) is 0 Å². The molecule has 0 fully saturated rings. The molecule has 66 heavy (non-hydrogen) atoms. The molecule has 0 aromatic heterocycles. The number of halogens is 2. The van der Waals surface area contributed by atoms with Crippen molar-refractivity contribution in [1.82, 2.24) is 0 Å². The molecule has 0 spiro atoms. The van der Waals surface area contributed by atoms with E-state index in [1.54, 1.807) is 0 Å². The normalized spacial score (nSPS) is 11.9. The maximum Gasteiger partial charge on any atom is 0.0920 e. The Hall–Kier alpha value is -3.78. The molecule has 1 aliphatic rings. The molecular weight excluding hydrogens is 935 g/mol. The second-order valence-electron chi connectivity index (χ2n) is 20.4. The van der Waals surface area contributed by atoms with Crippen LogP contribution >= 0.6 is 17.0 Å². The zero-order chi connectivity index (χ0) is 47.8. The van der Waals surface area contributed by atoms with E-state index in [-0.39, 0.29) is 10.8 Å². The molecule has 0 nitrogen and oxygen atoms in total. The molecule has 0 N–H and O–H groups in total. The zero-order valence-corrected chi connectivity index (χ0v) is 46.5. The Kier molecular flexibility index (Phi) is 18.0. The van der Waals surface area contributed by atoms with Crippen LogP contribution in [-0.2, 0) is 44.5 Å². The Bertz CT molecular complexity index is 2650. The summed E-state index contributed by atoms with van der Waals surface area (Å²) in [7, 11) is 10.7. The summed E-state index contributed by atoms with van der Waals surface area (Å²) < 4.78 is 0. The van der Waals surface area contributed by atoms with E-state index in [9.17, 15) is 0 Å². The average Bonchev–Trinajstić information content (AvgIpc) is 4.03. The standard InChI is InChI=1S/2C25H31.C12H7Si.2ClH.Zr/c2*1-7-10-18-13-14-19-15-20(25(4,5)6)16-23(19)24(18)22-12-9-8-11-21(22)17(2)3;1-3-7-11-9(5-1)10-6-2-4-8-12(10)13-11;;;/h2*8-9,11-17H,7,10H2,1-6H3;1-7H;2*1H;/q3*-1;;;+2/p-2. The van der Waals surface area contributed by atoms with E-state index in [1.165, 1.54) is 112 Å². The van der Waals surface area contributed by atoms with E-state index in [0.29, 0.717) is 11.8 Å². The third kappa shape index (κ3) is 12.1. The number of hydrogen-bond acceptors (Lipinski definition) is 0. The van der Waals surface area contributed by atoms with Gasteiger partial charge in [-0.25, -0.2) is 0 Å². The fraction of sp³-hybridized carbons (Fsp3) is 0.323. The molecule has 342 valence electrons. The van der Waals surface area contributed by atoms with Gasteiger partial charge in [-0.15, -0.1) is 74.6 Å². The molecule has 0 atom stereocenters. The van der Waals surface area contributed by atoms with E-state index >= 15 is 0 Å². The number of aryl methyl sites for hydroxylation is 2. The van der Waals surface area contributed by atoms with Gasteiger partial charge < -0.3 is 0 Å². The molecule has 8 aromatic rings. The van der Waals surface area contributed by atoms with Crippen molar-refractivity contribution in [2.45, 2.75) is 131 Å². The van der Waals surface area contributed by atoms with Gasteiger partial charge in [-0.2, -0.15) is 41.6 Å². The van der Waals surface area contributed by atoms with Crippen LogP contribution in [0.25, 0.3) is 54.9 Å². The Balaban J connectivity index is 0.000000166. The average molecular weight is 1000 g/mol. The second-order valence-corrected chi connectivity index (χ2v) is 25.4. The maximum absolute atomic E-state index is 4.93. The van der Waals surface area contributed by atoms with Crippen LogP contribution in [0, 0.1) is 6.07 Å². The van der Waals surface area contributed by atoms with Crippen molar-refractivity contribution in [3.63, 3.8) is 0 Å². The summed E-state index contributed by atoms with van der Waals surface area (Å²) in [6.45, 7) is 27.5. The minimum absolute atomic E-state index is 0.179. The molecular formula is C62H69Cl2SiZr-3. The fourth-order valence-electron chi connectivity index (χ4n) is 9.29. The number of rotatable bonds is 8. The van der Waals surface area contributed by atoms with Crippen LogP contribution in [0.15, 0.2) is 140 Å². The van der Waals surface area contributed by atoms with Crippen molar-refractivity contribution in [2.75, 3.05) is 0 Å². The van der Waals surface area contributed by atoms with Gasteiger partial charge in [-0.05, 0) is 57.8 Å². The van der Waals surface area contributed by atoms with E-state index in [2.05, 4.69) is 223 Å². The van der Waals surface area contributed by atoms with Gasteiger partial charge in [0.25, 0.3) is 0 Å². The van der Waals surface area contributed by atoms with Crippen LogP contribution < -0.4 is 10.4 Å². The van der Waals surface area contributed by atoms with Crippen LogP contribution in [0.3, 0.4) is 0 Å². The predicted molar refractivity (Wildman–Crippen MR) is 291 cm³/mol. The van der Waals surface area contributed by atoms with Gasteiger partial charge >= 0.3 is 37.9 Å². The number of benzene rings is 6. The molecule has 4 heteroatoms. The Morgan fingerprint density at radius 2 is 0.955 bits per heavy atom. The molecule has 1 aliphatic heterocycles. The molecule has 8 aromatic carbocycles. The van der Waals surface area contributed by atoms with Gasteiger partial charge in [-0.3, -0.25) is 0 Å². The largest absolute Gasteiger partial charge is 0.184 e. The number of hydrogen-bond donors (Lipinski definition) is 0. The minimum atomic E-state index is -0.826. The quantitative estimate of drug-likeness (QED) is 0.105. The van der Waals surface area contributed by atoms with Gasteiger partial charge in [0.05, 0.1) is 9.52 Å². The first-order chi connectivity index (χ1) is 31.5. The monoisotopic (exact) mass is 1000 g/mol. The summed E-state index contributed by atoms with van der Waals surface area (Å²) in [6.07, 6.45) is 4.62. The van der Waals surface area contributed by atoms with Crippen LogP contribution in [0.5, 0.6) is 0 Å². The molecule has 0 aliphatic carbocycles. The molecule has 0 saturated heterocycles. The van der Waals surface area contributed by atoms with E-state index in [1.807, 2.05) is 6.07 Å². The van der Waals surface area contributed by atoms with Crippen LogP contribution in [0.1, 0.15) is 141 Å². The van der Waals surface area contributed by atoms with Crippen molar-refractivity contribution in [2.24, 2.45) is 0 Å². The maximum atomic E-state index is 4.93. The van der Waals surface area contributed by atoms with Crippen molar-refractivity contribution in [3.8, 4) is 33.4 Å². The third-order valence-corrected chi connectivity index (χ3v) is 14.1. The number of fused-ring (bicyclic) bond motifs is 5. The second kappa shape index (κ2) is 23.0. The first kappa shape index (κ1) is 51.6. The molecule has 0 unspecified atom stereocenters. The molecule has 9 rings (SSSR count). The van der Waals surface area contributed by atoms with Crippen LogP contribution in [-0.4, -0.2) is 9.52 Å². The van der Waals surface area contributed by atoms with Crippen LogP contribution in [0.4, 0.5) is 0 Å². The minimum Gasteiger partial charge on any atom is -0.184 e. The molecule has 0 amide bonds. The van der Waals surface area contributed by atoms with Gasteiger partial charge in [-0.1, -0.05) is 202 Å². The predicted octanol–water partition coefficient (Wildman–Crippen LogP) is 17.7. The van der Waals surface area contributed by atoms with Gasteiger partial charge in [0.1, 0.15) is 0 Å². The topological polar surface area (TPSA) is 0 Å². The third-order valence-electron chi connectivity index (χ3n) is 12.8. The van der Waals surface area contributed by atoms with E-state index in [0.717, 1.165) is 22.4 Å². The Morgan fingerprint density at radius 1 is 0.545 bits per heavy atom. The summed E-state index contributed by atoms with van der Waals surface area (Å²) in [6, 6.07) is 55.1. The molecule has 0 bridgehead atoms. The van der Waals surface area contributed by atoms with Crippen molar-refractivity contribution >= 4 is 58.5 Å². The fourth-order valence-corrected chi connectivity index (χ4v) is 10.6. The van der Waals surface area contributed by atoms with Crippen molar-refractivity contribution in [1.29, 1.82) is 0 Å². The Morgan fingerprint density at radius 3 is 1.38 bits per heavy atom. The molecule has 0 saturated carbocycles. The van der Waals surface area contributed by atoms with Gasteiger partial charge in [0.2, 0.25) is 0 Å². The summed E-state index contributed by atoms with van der Waals surface area (Å²) in [5.74, 6) is 1.05. The summed E-state index contributed by atoms with van der Waals surface area (Å²) >= 11 is -0.826. The molecule has 2 radical (unpaired) electrons. The first-order valence-corrected chi connectivity index (χ1v) is 31.3. The van der Waals surface area contributed by atoms with Gasteiger partial charge in [0.15, 0.2) is 0 Å². The SMILES string of the molecule is CCCc1ccc2[cH-]c(C(C)(C)C)cc2c1-c1ccccc1C(C)C.CCCc1ccc2[cH-]c(C(C)(C)C)cc2c1-c1ccccc1C(C)C.[Cl][Zr][Cl].[c-]1cccc2c1[Si]c1ccccc1-2. The Labute approximate surface area is 419 Å². The summed E-state index contributed by atoms with van der Waals surface area (Å²) in [5, 5.41) is 8.41. The first-order valence-electron chi connectivity index (χ1n) is 24.0. The summed E-state index contributed by atoms with van der Waals surface area (Å²) in [4.78, 5) is 0. The van der Waals surface area contributed by atoms with Crippen molar-refractivity contribution < 1.29 is 20.8 Å². The van der Waals surface area contributed by atoms with Crippen molar-refractivity contribution in [3.05, 3.63) is 179 Å². The molecule has 1 heterocycles. The van der Waals surface area contributed by atoms with Gasteiger partial charge in [0, 0.05) is 0 Å². The van der Waals surface area contributed by atoms with E-state index in [4.69, 9.17) is 17.0 Å². The smallest absolute Gasteiger partial charge is 0.0920 e.